The molecule has 0 spiro atoms. The van der Waals surface area contributed by atoms with Gasteiger partial charge in [0.05, 0.1) is 5.92 Å². The molecule has 0 aromatic heterocycles. The number of nitrogens with two attached hydrogens (primary N) is 2. The summed E-state index contributed by atoms with van der Waals surface area (Å²) < 4.78 is 37.5. The van der Waals surface area contributed by atoms with Gasteiger partial charge < -0.3 is 22.0 Å². The van der Waals surface area contributed by atoms with Gasteiger partial charge >= 0.3 is 12.1 Å². The summed E-state index contributed by atoms with van der Waals surface area (Å²) in [5.41, 5.74) is 10.1. The molecule has 0 aliphatic rings. The van der Waals surface area contributed by atoms with E-state index in [9.17, 15) is 18.0 Å². The van der Waals surface area contributed by atoms with Gasteiger partial charge in [0.2, 0.25) is 0 Å². The maximum atomic E-state index is 12.5. The van der Waals surface area contributed by atoms with Gasteiger partial charge in [0, 0.05) is 11.8 Å². The summed E-state index contributed by atoms with van der Waals surface area (Å²) in [4.78, 5) is 10.4. The number of alkyl halides is 3. The Bertz CT molecular complexity index is 289. The first-order valence-electron chi connectivity index (χ1n) is 4.43. The highest BCUT2D eigenvalue weighted by atomic mass is 35.5. The van der Waals surface area contributed by atoms with Gasteiger partial charge in [0.25, 0.3) is 0 Å². The maximum absolute atomic E-state index is 12.5. The molecule has 0 saturated carbocycles. The van der Waals surface area contributed by atoms with Gasteiger partial charge in [-0.15, -0.1) is 24.8 Å². The molecule has 0 aromatic rings. The van der Waals surface area contributed by atoms with Crippen LogP contribution in [-0.4, -0.2) is 35.0 Å². The van der Waals surface area contributed by atoms with Crippen molar-refractivity contribution in [2.45, 2.75) is 31.6 Å². The van der Waals surface area contributed by atoms with Gasteiger partial charge in [0.1, 0.15) is 6.04 Å². The first-order chi connectivity index (χ1) is 7.07. The highest BCUT2D eigenvalue weighted by Crippen LogP contribution is 2.31. The Morgan fingerprint density at radius 3 is 1.94 bits per heavy atom. The van der Waals surface area contributed by atoms with E-state index in [0.29, 0.717) is 0 Å². The summed E-state index contributed by atoms with van der Waals surface area (Å²) in [6, 6.07) is -3.21. The Morgan fingerprint density at radius 1 is 1.33 bits per heavy atom. The average Bonchev–Trinajstić information content (AvgIpc) is 2.10. The number of carbonyl (C=O) groups is 1. The van der Waals surface area contributed by atoms with Crippen LogP contribution >= 0.6 is 24.8 Å². The second-order valence-corrected chi connectivity index (χ2v) is 3.54. The van der Waals surface area contributed by atoms with Crippen molar-refractivity contribution in [3.63, 3.8) is 0 Å². The molecule has 110 valence electrons. The lowest BCUT2D eigenvalue weighted by Gasteiger charge is -2.25. The van der Waals surface area contributed by atoms with Crippen LogP contribution in [0.15, 0.2) is 0 Å². The van der Waals surface area contributed by atoms with Crippen molar-refractivity contribution in [2.24, 2.45) is 17.4 Å². The van der Waals surface area contributed by atoms with Crippen molar-refractivity contribution in [3.05, 3.63) is 0 Å². The predicted molar refractivity (Wildman–Crippen MR) is 65.6 cm³/mol. The van der Waals surface area contributed by atoms with Crippen LogP contribution in [0.1, 0.15) is 13.3 Å². The normalized spacial score (nSPS) is 15.7. The highest BCUT2D eigenvalue weighted by molar-refractivity contribution is 5.85. The minimum absolute atomic E-state index is 0. The number of aliphatic carboxylic acids is 1. The van der Waals surface area contributed by atoms with E-state index in [0.717, 1.165) is 0 Å². The first-order valence-corrected chi connectivity index (χ1v) is 4.43. The maximum Gasteiger partial charge on any atom is 0.393 e. The number of halogens is 5. The molecule has 0 fully saturated rings. The van der Waals surface area contributed by atoms with E-state index in [4.69, 9.17) is 22.0 Å². The molecule has 6 N–H and O–H groups in total. The largest absolute Gasteiger partial charge is 0.480 e. The molecule has 0 bridgehead atoms. The fraction of sp³-hybridized carbons (Fsp3) is 0.750. The molecule has 3 unspecified atom stereocenters. The zero-order valence-electron chi connectivity index (χ0n) is 9.40. The van der Waals surface area contributed by atoms with Crippen molar-refractivity contribution in [1.82, 2.24) is 0 Å². The number of hydrogen-bond acceptors (Lipinski definition) is 4. The quantitative estimate of drug-likeness (QED) is 0.571. The smallest absolute Gasteiger partial charge is 0.393 e. The van der Waals surface area contributed by atoms with Crippen LogP contribution < -0.4 is 11.5 Å². The molecule has 5 nitrogen and oxygen atoms in total. The summed E-state index contributed by atoms with van der Waals surface area (Å²) in [5, 5.41) is 15.5. The van der Waals surface area contributed by atoms with Gasteiger partial charge in [0.15, 0.2) is 0 Å². The Labute approximate surface area is 114 Å². The molecule has 10 heteroatoms. The van der Waals surface area contributed by atoms with Gasteiger partial charge in [-0.25, -0.2) is 0 Å². The molecular weight excluding hydrogens is 298 g/mol. The summed E-state index contributed by atoms with van der Waals surface area (Å²) in [5.74, 6) is -3.99. The summed E-state index contributed by atoms with van der Waals surface area (Å²) in [6.07, 6.45) is -5.45. The Balaban J connectivity index is -0.00000112. The third kappa shape index (κ3) is 7.00. The standard InChI is InChI=1S/C8H14F3N3O2.2ClH/c1-3(12)5(13)2-4(8(9,10)11)6(14)7(15)16;;/h4-6,12H,2,13-14H2,1H3,(H,15,16);2*1H. The minimum Gasteiger partial charge on any atom is -0.480 e. The Morgan fingerprint density at radius 2 is 1.72 bits per heavy atom. The molecular formula is C8H16Cl2F3N3O2. The molecule has 3 atom stereocenters. The summed E-state index contributed by atoms with van der Waals surface area (Å²) >= 11 is 0. The molecule has 0 heterocycles. The van der Waals surface area contributed by atoms with Crippen LogP contribution in [0, 0.1) is 11.3 Å². The van der Waals surface area contributed by atoms with Crippen molar-refractivity contribution in [1.29, 1.82) is 5.41 Å². The monoisotopic (exact) mass is 313 g/mol. The predicted octanol–water partition coefficient (Wildman–Crippen LogP) is 1.18. The summed E-state index contributed by atoms with van der Waals surface area (Å²) in [7, 11) is 0. The lowest BCUT2D eigenvalue weighted by molar-refractivity contribution is -0.188. The minimum atomic E-state index is -4.75. The van der Waals surface area contributed by atoms with E-state index in [1.807, 2.05) is 0 Å². The highest BCUT2D eigenvalue weighted by Gasteiger charge is 2.46. The molecule has 0 aromatic carbocycles. The lowest BCUT2D eigenvalue weighted by Crippen LogP contribution is -2.48. The van der Waals surface area contributed by atoms with Crippen LogP contribution in [0.5, 0.6) is 0 Å². The summed E-state index contributed by atoms with van der Waals surface area (Å²) in [6.45, 7) is 1.25. The molecule has 0 aliphatic heterocycles. The number of nitrogens with one attached hydrogen (secondary N) is 1. The van der Waals surface area contributed by atoms with E-state index in [-0.39, 0.29) is 30.5 Å². The molecule has 0 saturated heterocycles. The van der Waals surface area contributed by atoms with Gasteiger partial charge in [-0.1, -0.05) is 0 Å². The van der Waals surface area contributed by atoms with E-state index in [1.165, 1.54) is 6.92 Å². The van der Waals surface area contributed by atoms with Crippen LogP contribution in [0.25, 0.3) is 0 Å². The van der Waals surface area contributed by atoms with Gasteiger partial charge in [-0.05, 0) is 13.3 Å². The van der Waals surface area contributed by atoms with Crippen LogP contribution in [0.4, 0.5) is 13.2 Å². The number of carboxylic acids is 1. The van der Waals surface area contributed by atoms with Crippen molar-refractivity contribution < 1.29 is 23.1 Å². The number of hydrogen-bond donors (Lipinski definition) is 4. The fourth-order valence-electron chi connectivity index (χ4n) is 1.11. The molecule has 18 heavy (non-hydrogen) atoms. The first kappa shape index (κ1) is 22.6. The zero-order valence-corrected chi connectivity index (χ0v) is 11.0. The molecule has 0 rings (SSSR count). The lowest BCUT2D eigenvalue weighted by atomic mass is 9.91. The van der Waals surface area contributed by atoms with Crippen LogP contribution in [0.2, 0.25) is 0 Å². The molecule has 0 aliphatic carbocycles. The van der Waals surface area contributed by atoms with E-state index in [2.05, 4.69) is 0 Å². The second kappa shape index (κ2) is 8.52. The number of carboxylic acid groups (broad SMARTS) is 1. The molecule has 0 amide bonds. The third-order valence-electron chi connectivity index (χ3n) is 2.20. The zero-order chi connectivity index (χ0) is 13.1. The number of rotatable bonds is 5. The fourth-order valence-corrected chi connectivity index (χ4v) is 1.11. The Kier molecular flexibility index (Phi) is 10.7. The van der Waals surface area contributed by atoms with Gasteiger partial charge in [-0.2, -0.15) is 13.2 Å². The third-order valence-corrected chi connectivity index (χ3v) is 2.20. The van der Waals surface area contributed by atoms with Gasteiger partial charge in [-0.3, -0.25) is 4.79 Å². The van der Waals surface area contributed by atoms with Crippen molar-refractivity contribution in [3.8, 4) is 0 Å². The van der Waals surface area contributed by atoms with Crippen LogP contribution in [-0.2, 0) is 4.79 Å². The van der Waals surface area contributed by atoms with Crippen molar-refractivity contribution in [2.75, 3.05) is 0 Å². The van der Waals surface area contributed by atoms with Crippen LogP contribution in [0.3, 0.4) is 0 Å². The van der Waals surface area contributed by atoms with Crippen molar-refractivity contribution >= 4 is 36.5 Å². The molecule has 0 radical (unpaired) electrons. The van der Waals surface area contributed by atoms with E-state index >= 15 is 0 Å². The average molecular weight is 314 g/mol. The second-order valence-electron chi connectivity index (χ2n) is 3.54. The Hall–Kier alpha value is -0.570. The topological polar surface area (TPSA) is 113 Å². The SMILES string of the molecule is CC(=N)C(N)CC(C(N)C(=O)O)C(F)(F)F.Cl.Cl. The van der Waals surface area contributed by atoms with E-state index in [1.54, 1.807) is 0 Å². The van der Waals surface area contributed by atoms with E-state index < -0.39 is 36.6 Å².